The van der Waals surface area contributed by atoms with Gasteiger partial charge < -0.3 is 5.32 Å². The number of anilines is 1. The van der Waals surface area contributed by atoms with Gasteiger partial charge in [-0.25, -0.2) is 0 Å². The standard InChI is InChI=1S/C19H15ClN2OS/c1-13-7-5-6-10-17(13)22-18(23)16(21-19(22)24)12-15(20)11-14-8-3-2-4-9-14/h2-12H,1H3,(H,21,24)/b15-11-,16-12+. The molecule has 2 aromatic rings. The van der Waals surface area contributed by atoms with E-state index in [0.29, 0.717) is 15.8 Å². The summed E-state index contributed by atoms with van der Waals surface area (Å²) in [6.07, 6.45) is 3.39. The molecule has 3 rings (SSSR count). The lowest BCUT2D eigenvalue weighted by atomic mass is 10.2. The van der Waals surface area contributed by atoms with Crippen LogP contribution in [0, 0.1) is 6.92 Å². The molecule has 1 saturated heterocycles. The molecule has 1 N–H and O–H groups in total. The van der Waals surface area contributed by atoms with Gasteiger partial charge in [-0.3, -0.25) is 9.69 Å². The molecule has 0 radical (unpaired) electrons. The number of carbonyl (C=O) groups is 1. The fraction of sp³-hybridized carbons (Fsp3) is 0.0526. The van der Waals surface area contributed by atoms with Crippen LogP contribution in [-0.4, -0.2) is 11.0 Å². The van der Waals surface area contributed by atoms with Gasteiger partial charge in [-0.2, -0.15) is 0 Å². The molecule has 24 heavy (non-hydrogen) atoms. The molecule has 0 aliphatic carbocycles. The highest BCUT2D eigenvalue weighted by atomic mass is 35.5. The molecule has 0 aromatic heterocycles. The van der Waals surface area contributed by atoms with Crippen molar-refractivity contribution in [2.24, 2.45) is 0 Å². The molecule has 0 spiro atoms. The van der Waals surface area contributed by atoms with Crippen LogP contribution in [0.25, 0.3) is 6.08 Å². The third-order valence-electron chi connectivity index (χ3n) is 3.62. The topological polar surface area (TPSA) is 32.3 Å². The maximum absolute atomic E-state index is 12.7. The van der Waals surface area contributed by atoms with Gasteiger partial charge in [-0.1, -0.05) is 60.1 Å². The number of carbonyl (C=O) groups excluding carboxylic acids is 1. The quantitative estimate of drug-likeness (QED) is 0.655. The third-order valence-corrected chi connectivity index (χ3v) is 4.12. The van der Waals surface area contributed by atoms with Crippen LogP contribution in [0.4, 0.5) is 5.69 Å². The second kappa shape index (κ2) is 6.99. The van der Waals surface area contributed by atoms with Crippen molar-refractivity contribution in [3.63, 3.8) is 0 Å². The first-order valence-electron chi connectivity index (χ1n) is 7.41. The van der Waals surface area contributed by atoms with Crippen molar-refractivity contribution in [3.05, 3.63) is 82.5 Å². The molecule has 1 fully saturated rings. The normalized spacial score (nSPS) is 16.7. The monoisotopic (exact) mass is 354 g/mol. The van der Waals surface area contributed by atoms with Crippen molar-refractivity contribution < 1.29 is 4.79 Å². The molecule has 3 nitrogen and oxygen atoms in total. The second-order valence-corrected chi connectivity index (χ2v) is 6.18. The van der Waals surface area contributed by atoms with E-state index in [1.165, 1.54) is 4.90 Å². The minimum atomic E-state index is -0.214. The number of hydrogen-bond acceptors (Lipinski definition) is 2. The SMILES string of the molecule is Cc1ccccc1N1C(=O)/C(=C\C(Cl)=C\c2ccccc2)NC1=S. The molecule has 0 atom stereocenters. The highest BCUT2D eigenvalue weighted by molar-refractivity contribution is 7.80. The number of nitrogens with zero attached hydrogens (tertiary/aromatic N) is 1. The van der Waals surface area contributed by atoms with Crippen LogP contribution in [0.5, 0.6) is 0 Å². The zero-order chi connectivity index (χ0) is 17.1. The van der Waals surface area contributed by atoms with E-state index in [2.05, 4.69) is 5.32 Å². The molecular formula is C19H15ClN2OS. The number of thiocarbonyl (C=S) groups is 1. The van der Waals surface area contributed by atoms with Crippen LogP contribution in [0.3, 0.4) is 0 Å². The fourth-order valence-corrected chi connectivity index (χ4v) is 2.98. The molecule has 5 heteroatoms. The van der Waals surface area contributed by atoms with Crippen LogP contribution in [0.2, 0.25) is 0 Å². The van der Waals surface area contributed by atoms with Gasteiger partial charge in [0.1, 0.15) is 5.70 Å². The van der Waals surface area contributed by atoms with Crippen molar-refractivity contribution >= 4 is 46.6 Å². The number of nitrogens with one attached hydrogen (secondary N) is 1. The van der Waals surface area contributed by atoms with Crippen LogP contribution >= 0.6 is 23.8 Å². The Morgan fingerprint density at radius 1 is 1.12 bits per heavy atom. The highest BCUT2D eigenvalue weighted by Gasteiger charge is 2.32. The Morgan fingerprint density at radius 2 is 1.79 bits per heavy atom. The molecule has 1 heterocycles. The van der Waals surface area contributed by atoms with Gasteiger partial charge in [0.25, 0.3) is 5.91 Å². The molecule has 120 valence electrons. The summed E-state index contributed by atoms with van der Waals surface area (Å²) in [4.78, 5) is 14.2. The summed E-state index contributed by atoms with van der Waals surface area (Å²) >= 11 is 11.6. The van der Waals surface area contributed by atoms with Crippen LogP contribution in [0.1, 0.15) is 11.1 Å². The van der Waals surface area contributed by atoms with Crippen molar-refractivity contribution in [3.8, 4) is 0 Å². The van der Waals surface area contributed by atoms with Crippen molar-refractivity contribution in [1.82, 2.24) is 5.32 Å². The van der Waals surface area contributed by atoms with Crippen LogP contribution < -0.4 is 10.2 Å². The summed E-state index contributed by atoms with van der Waals surface area (Å²) < 4.78 is 0. The lowest BCUT2D eigenvalue weighted by Crippen LogP contribution is -2.30. The Hall–Kier alpha value is -2.43. The Labute approximate surface area is 151 Å². The highest BCUT2D eigenvalue weighted by Crippen LogP contribution is 2.25. The number of benzene rings is 2. The fourth-order valence-electron chi connectivity index (χ4n) is 2.46. The number of para-hydroxylation sites is 1. The van der Waals surface area contributed by atoms with Crippen LogP contribution in [0.15, 0.2) is 71.4 Å². The summed E-state index contributed by atoms with van der Waals surface area (Å²) in [5.41, 5.74) is 3.07. The summed E-state index contributed by atoms with van der Waals surface area (Å²) in [5, 5.41) is 3.74. The minimum absolute atomic E-state index is 0.214. The lowest BCUT2D eigenvalue weighted by molar-refractivity contribution is -0.113. The first-order valence-corrected chi connectivity index (χ1v) is 8.20. The van der Waals surface area contributed by atoms with Gasteiger partial charge in [0.15, 0.2) is 5.11 Å². The molecule has 1 amide bonds. The van der Waals surface area contributed by atoms with E-state index in [0.717, 1.165) is 16.8 Å². The Bertz CT molecular complexity index is 859. The first-order chi connectivity index (χ1) is 11.6. The van der Waals surface area contributed by atoms with E-state index in [-0.39, 0.29) is 5.91 Å². The number of aryl methyl sites for hydroxylation is 1. The largest absolute Gasteiger partial charge is 0.327 e. The van der Waals surface area contributed by atoms with Gasteiger partial charge in [0, 0.05) is 5.03 Å². The smallest absolute Gasteiger partial charge is 0.281 e. The predicted octanol–water partition coefficient (Wildman–Crippen LogP) is 4.38. The Kier molecular flexibility index (Phi) is 4.79. The summed E-state index contributed by atoms with van der Waals surface area (Å²) in [6.45, 7) is 1.94. The Morgan fingerprint density at radius 3 is 2.50 bits per heavy atom. The molecule has 0 unspecified atom stereocenters. The van der Waals surface area contributed by atoms with E-state index in [1.807, 2.05) is 61.5 Å². The predicted molar refractivity (Wildman–Crippen MR) is 103 cm³/mol. The summed E-state index contributed by atoms with van der Waals surface area (Å²) in [7, 11) is 0. The van der Waals surface area contributed by atoms with Crippen LogP contribution in [-0.2, 0) is 4.79 Å². The molecule has 1 aliphatic rings. The minimum Gasteiger partial charge on any atom is -0.327 e. The van der Waals surface area contributed by atoms with Gasteiger partial charge in [-0.05, 0) is 48.5 Å². The maximum atomic E-state index is 12.7. The number of rotatable bonds is 3. The first kappa shape index (κ1) is 16.4. The second-order valence-electron chi connectivity index (χ2n) is 5.36. The number of halogens is 1. The van der Waals surface area contributed by atoms with Gasteiger partial charge in [0.2, 0.25) is 0 Å². The summed E-state index contributed by atoms with van der Waals surface area (Å²) in [5.74, 6) is -0.214. The van der Waals surface area contributed by atoms with E-state index >= 15 is 0 Å². The van der Waals surface area contributed by atoms with E-state index in [4.69, 9.17) is 23.8 Å². The lowest BCUT2D eigenvalue weighted by Gasteiger charge is -2.16. The molecule has 2 aromatic carbocycles. The average Bonchev–Trinajstić information content (AvgIpc) is 2.83. The van der Waals surface area contributed by atoms with E-state index < -0.39 is 0 Å². The van der Waals surface area contributed by atoms with Crippen molar-refractivity contribution in [2.45, 2.75) is 6.92 Å². The zero-order valence-electron chi connectivity index (χ0n) is 13.0. The third kappa shape index (κ3) is 3.40. The maximum Gasteiger partial charge on any atom is 0.281 e. The molecule has 0 saturated carbocycles. The zero-order valence-corrected chi connectivity index (χ0v) is 14.6. The van der Waals surface area contributed by atoms with Crippen molar-refractivity contribution in [1.29, 1.82) is 0 Å². The number of amides is 1. The van der Waals surface area contributed by atoms with Gasteiger partial charge in [0.05, 0.1) is 5.69 Å². The number of allylic oxidation sites excluding steroid dienone is 2. The molecule has 1 aliphatic heterocycles. The van der Waals surface area contributed by atoms with Crippen molar-refractivity contribution in [2.75, 3.05) is 4.90 Å². The van der Waals surface area contributed by atoms with Gasteiger partial charge >= 0.3 is 0 Å². The van der Waals surface area contributed by atoms with Gasteiger partial charge in [-0.15, -0.1) is 0 Å². The Balaban J connectivity index is 1.89. The molecular weight excluding hydrogens is 340 g/mol. The average molecular weight is 355 g/mol. The number of hydrogen-bond donors (Lipinski definition) is 1. The summed E-state index contributed by atoms with van der Waals surface area (Å²) in [6, 6.07) is 17.3. The van der Waals surface area contributed by atoms with E-state index in [9.17, 15) is 4.79 Å². The van der Waals surface area contributed by atoms with E-state index in [1.54, 1.807) is 12.2 Å². The molecule has 0 bridgehead atoms.